The Morgan fingerprint density at radius 2 is 1.76 bits per heavy atom. The molecule has 1 amide bonds. The maximum Gasteiger partial charge on any atom is 0.328 e. The fourth-order valence-corrected chi connectivity index (χ4v) is 2.10. The van der Waals surface area contributed by atoms with E-state index in [1.165, 1.54) is 14.2 Å². The molecule has 0 unspecified atom stereocenters. The molecule has 0 bridgehead atoms. The van der Waals surface area contributed by atoms with E-state index in [2.05, 4.69) is 5.32 Å². The lowest BCUT2D eigenvalue weighted by atomic mass is 10.0. The maximum atomic E-state index is 12.3. The highest BCUT2D eigenvalue weighted by Gasteiger charge is 2.27. The summed E-state index contributed by atoms with van der Waals surface area (Å²) in [6.45, 7) is 3.96. The standard InChI is InChI=1S/C16H23NO4/c1-11(2)10-13(16(19)21-4)17-15(18)14(20-3)12-8-6-5-7-9-12/h5-9,11,13-14H,10H2,1-4H3,(H,17,18)/t13-,14+/m1/s1. The van der Waals surface area contributed by atoms with Crippen molar-refractivity contribution in [2.24, 2.45) is 5.92 Å². The van der Waals surface area contributed by atoms with Crippen LogP contribution >= 0.6 is 0 Å². The zero-order valence-corrected chi connectivity index (χ0v) is 13.0. The first-order valence-electron chi connectivity index (χ1n) is 6.95. The number of benzene rings is 1. The lowest BCUT2D eigenvalue weighted by Crippen LogP contribution is -2.44. The SMILES string of the molecule is COC(=O)[C@@H](CC(C)C)NC(=O)[C@@H](OC)c1ccccc1. The molecule has 5 heteroatoms. The number of hydrogen-bond acceptors (Lipinski definition) is 4. The van der Waals surface area contributed by atoms with Gasteiger partial charge in [-0.15, -0.1) is 0 Å². The predicted octanol–water partition coefficient (Wildman–Crippen LogP) is 2.08. The van der Waals surface area contributed by atoms with Gasteiger partial charge in [-0.3, -0.25) is 4.79 Å². The third-order valence-corrected chi connectivity index (χ3v) is 3.09. The fourth-order valence-electron chi connectivity index (χ4n) is 2.10. The molecule has 0 spiro atoms. The van der Waals surface area contributed by atoms with Crippen molar-refractivity contribution < 1.29 is 19.1 Å². The highest BCUT2D eigenvalue weighted by Crippen LogP contribution is 2.17. The highest BCUT2D eigenvalue weighted by molar-refractivity contribution is 5.87. The zero-order chi connectivity index (χ0) is 15.8. The minimum Gasteiger partial charge on any atom is -0.467 e. The van der Waals surface area contributed by atoms with E-state index in [0.717, 1.165) is 5.56 Å². The molecule has 5 nitrogen and oxygen atoms in total. The van der Waals surface area contributed by atoms with Gasteiger partial charge in [0.1, 0.15) is 6.04 Å². The van der Waals surface area contributed by atoms with Crippen LogP contribution in [0.4, 0.5) is 0 Å². The molecule has 0 aliphatic carbocycles. The number of nitrogens with one attached hydrogen (secondary N) is 1. The lowest BCUT2D eigenvalue weighted by Gasteiger charge is -2.22. The molecule has 1 N–H and O–H groups in total. The normalized spacial score (nSPS) is 13.6. The molecule has 0 radical (unpaired) electrons. The number of rotatable bonds is 7. The molecule has 0 heterocycles. The monoisotopic (exact) mass is 293 g/mol. The molecular weight excluding hydrogens is 270 g/mol. The van der Waals surface area contributed by atoms with Gasteiger partial charge in [0.15, 0.2) is 6.10 Å². The topological polar surface area (TPSA) is 64.6 Å². The summed E-state index contributed by atoms with van der Waals surface area (Å²) in [5.41, 5.74) is 0.741. The summed E-state index contributed by atoms with van der Waals surface area (Å²) in [5.74, 6) is -0.535. The van der Waals surface area contributed by atoms with E-state index in [4.69, 9.17) is 9.47 Å². The van der Waals surface area contributed by atoms with Crippen LogP contribution in [0.25, 0.3) is 0 Å². The molecule has 1 aromatic carbocycles. The van der Waals surface area contributed by atoms with Gasteiger partial charge >= 0.3 is 5.97 Å². The zero-order valence-electron chi connectivity index (χ0n) is 13.0. The van der Waals surface area contributed by atoms with Gasteiger partial charge in [0.2, 0.25) is 0 Å². The van der Waals surface area contributed by atoms with Gasteiger partial charge in [-0.25, -0.2) is 4.79 Å². The number of amides is 1. The Labute approximate surface area is 125 Å². The van der Waals surface area contributed by atoms with Crippen LogP contribution < -0.4 is 5.32 Å². The van der Waals surface area contributed by atoms with Gasteiger partial charge in [-0.2, -0.15) is 0 Å². The molecular formula is C16H23NO4. The second-order valence-electron chi connectivity index (χ2n) is 5.24. The Kier molecular flexibility index (Phi) is 6.88. The second-order valence-corrected chi connectivity index (χ2v) is 5.24. The van der Waals surface area contributed by atoms with Crippen LogP contribution in [0, 0.1) is 5.92 Å². The number of ether oxygens (including phenoxy) is 2. The van der Waals surface area contributed by atoms with E-state index >= 15 is 0 Å². The molecule has 21 heavy (non-hydrogen) atoms. The Balaban J connectivity index is 2.81. The predicted molar refractivity (Wildman–Crippen MR) is 79.6 cm³/mol. The van der Waals surface area contributed by atoms with E-state index in [1.807, 2.05) is 44.2 Å². The highest BCUT2D eigenvalue weighted by atomic mass is 16.5. The summed E-state index contributed by atoms with van der Waals surface area (Å²) in [6.07, 6.45) is -0.227. The summed E-state index contributed by atoms with van der Waals surface area (Å²) >= 11 is 0. The van der Waals surface area contributed by atoms with Crippen molar-refractivity contribution in [2.45, 2.75) is 32.4 Å². The van der Waals surface area contributed by atoms with E-state index in [1.54, 1.807) is 0 Å². The summed E-state index contributed by atoms with van der Waals surface area (Å²) in [6, 6.07) is 8.49. The van der Waals surface area contributed by atoms with Gasteiger partial charge in [-0.05, 0) is 17.9 Å². The van der Waals surface area contributed by atoms with Crippen LogP contribution in [0.15, 0.2) is 30.3 Å². The van der Waals surface area contributed by atoms with Gasteiger partial charge in [0, 0.05) is 7.11 Å². The average molecular weight is 293 g/mol. The molecule has 1 rings (SSSR count). The smallest absolute Gasteiger partial charge is 0.328 e. The van der Waals surface area contributed by atoms with Crippen molar-refractivity contribution in [1.82, 2.24) is 5.32 Å². The molecule has 0 saturated heterocycles. The van der Waals surface area contributed by atoms with Gasteiger partial charge in [0.25, 0.3) is 5.91 Å². The average Bonchev–Trinajstić information content (AvgIpc) is 2.47. The van der Waals surface area contributed by atoms with Gasteiger partial charge in [0.05, 0.1) is 7.11 Å². The van der Waals surface area contributed by atoms with Crippen molar-refractivity contribution >= 4 is 11.9 Å². The van der Waals surface area contributed by atoms with Gasteiger partial charge < -0.3 is 14.8 Å². The van der Waals surface area contributed by atoms with Crippen molar-refractivity contribution in [3.8, 4) is 0 Å². The van der Waals surface area contributed by atoms with Crippen LogP contribution in [-0.2, 0) is 19.1 Å². The molecule has 0 fully saturated rings. The maximum absolute atomic E-state index is 12.3. The summed E-state index contributed by atoms with van der Waals surface area (Å²) in [5, 5.41) is 2.71. The molecule has 116 valence electrons. The number of carbonyl (C=O) groups is 2. The van der Waals surface area contributed by atoms with Crippen molar-refractivity contribution in [2.75, 3.05) is 14.2 Å². The third-order valence-electron chi connectivity index (χ3n) is 3.09. The molecule has 1 aromatic rings. The minimum absolute atomic E-state index is 0.257. The largest absolute Gasteiger partial charge is 0.467 e. The summed E-state index contributed by atoms with van der Waals surface area (Å²) in [4.78, 5) is 24.1. The van der Waals surface area contributed by atoms with Crippen LogP contribution in [0.5, 0.6) is 0 Å². The Hall–Kier alpha value is -1.88. The van der Waals surface area contributed by atoms with E-state index in [-0.39, 0.29) is 11.8 Å². The number of methoxy groups -OCH3 is 2. The van der Waals surface area contributed by atoms with Gasteiger partial charge in [-0.1, -0.05) is 44.2 Å². The first-order chi connectivity index (χ1) is 9.99. The quantitative estimate of drug-likeness (QED) is 0.782. The number of esters is 1. The van der Waals surface area contributed by atoms with Crippen molar-refractivity contribution in [3.63, 3.8) is 0 Å². The molecule has 0 aromatic heterocycles. The first kappa shape index (κ1) is 17.2. The number of hydrogen-bond donors (Lipinski definition) is 1. The Morgan fingerprint density at radius 1 is 1.14 bits per heavy atom. The van der Waals surface area contributed by atoms with Crippen molar-refractivity contribution in [1.29, 1.82) is 0 Å². The minimum atomic E-state index is -0.745. The van der Waals surface area contributed by atoms with Crippen LogP contribution in [0.1, 0.15) is 31.9 Å². The first-order valence-corrected chi connectivity index (χ1v) is 6.95. The Morgan fingerprint density at radius 3 is 2.24 bits per heavy atom. The fraction of sp³-hybridized carbons (Fsp3) is 0.500. The third kappa shape index (κ3) is 5.19. The van der Waals surface area contributed by atoms with Crippen LogP contribution in [-0.4, -0.2) is 32.1 Å². The Bertz CT molecular complexity index is 459. The van der Waals surface area contributed by atoms with E-state index in [9.17, 15) is 9.59 Å². The van der Waals surface area contributed by atoms with Crippen LogP contribution in [0.2, 0.25) is 0 Å². The summed E-state index contributed by atoms with van der Waals surface area (Å²) < 4.78 is 9.99. The molecule has 0 aliphatic rings. The van der Waals surface area contributed by atoms with Crippen LogP contribution in [0.3, 0.4) is 0 Å². The van der Waals surface area contributed by atoms with E-state index in [0.29, 0.717) is 6.42 Å². The molecule has 2 atom stereocenters. The number of carbonyl (C=O) groups excluding carboxylic acids is 2. The lowest BCUT2D eigenvalue weighted by molar-refractivity contribution is -0.147. The van der Waals surface area contributed by atoms with E-state index < -0.39 is 18.1 Å². The molecule has 0 aliphatic heterocycles. The van der Waals surface area contributed by atoms with Crippen molar-refractivity contribution in [3.05, 3.63) is 35.9 Å². The molecule has 0 saturated carbocycles. The summed E-state index contributed by atoms with van der Waals surface area (Å²) in [7, 11) is 2.78. The second kappa shape index (κ2) is 8.42.